The topological polar surface area (TPSA) is 111 Å². The van der Waals surface area contributed by atoms with Crippen molar-refractivity contribution in [3.63, 3.8) is 0 Å². The molecule has 0 saturated carbocycles. The van der Waals surface area contributed by atoms with E-state index in [0.29, 0.717) is 0 Å². The summed E-state index contributed by atoms with van der Waals surface area (Å²) in [6.07, 6.45) is -0.852. The smallest absolute Gasteiger partial charge is 0.407 e. The molecular weight excluding hydrogens is 316 g/mol. The van der Waals surface area contributed by atoms with Gasteiger partial charge in [-0.1, -0.05) is 34.6 Å². The molecule has 8 nitrogen and oxygen atoms in total. The van der Waals surface area contributed by atoms with Gasteiger partial charge in [0, 0.05) is 6.42 Å². The van der Waals surface area contributed by atoms with Gasteiger partial charge in [0.25, 0.3) is 0 Å². The molecule has 0 aromatic carbocycles. The van der Waals surface area contributed by atoms with Crippen LogP contribution in [0.4, 0.5) is 4.79 Å². The predicted molar refractivity (Wildman–Crippen MR) is 84.8 cm³/mol. The first kappa shape index (κ1) is 20.1. The van der Waals surface area contributed by atoms with Crippen molar-refractivity contribution >= 4 is 23.6 Å². The van der Waals surface area contributed by atoms with Crippen molar-refractivity contribution in [3.05, 3.63) is 0 Å². The van der Waals surface area contributed by atoms with E-state index in [2.05, 4.69) is 5.32 Å². The lowest BCUT2D eigenvalue weighted by atomic mass is 9.90. The zero-order chi connectivity index (χ0) is 18.5. The van der Waals surface area contributed by atoms with Crippen LogP contribution < -0.4 is 10.8 Å². The van der Waals surface area contributed by atoms with E-state index < -0.39 is 29.7 Å². The summed E-state index contributed by atoms with van der Waals surface area (Å²) in [6.45, 7) is 9.47. The number of ketones is 2. The molecule has 2 amide bonds. The Labute approximate surface area is 141 Å². The minimum Gasteiger partial charge on any atom is -0.449 e. The minimum absolute atomic E-state index is 0.0599. The molecule has 1 heterocycles. The van der Waals surface area contributed by atoms with Crippen molar-refractivity contribution in [1.29, 1.82) is 0 Å². The molecule has 8 heteroatoms. The summed E-state index contributed by atoms with van der Waals surface area (Å²) in [7, 11) is 0. The third-order valence-electron chi connectivity index (χ3n) is 3.41. The largest absolute Gasteiger partial charge is 0.449 e. The van der Waals surface area contributed by atoms with Crippen LogP contribution in [0.15, 0.2) is 0 Å². The molecule has 0 aromatic heterocycles. The van der Waals surface area contributed by atoms with E-state index in [9.17, 15) is 19.2 Å². The highest BCUT2D eigenvalue weighted by Crippen LogP contribution is 2.16. The quantitative estimate of drug-likeness (QED) is 0.696. The second-order valence-electron chi connectivity index (χ2n) is 7.48. The van der Waals surface area contributed by atoms with E-state index in [1.165, 1.54) is 0 Å². The second kappa shape index (κ2) is 8.23. The van der Waals surface area contributed by atoms with Crippen LogP contribution in [0.2, 0.25) is 0 Å². The van der Waals surface area contributed by atoms with E-state index >= 15 is 0 Å². The van der Waals surface area contributed by atoms with Crippen LogP contribution in [0.3, 0.4) is 0 Å². The van der Waals surface area contributed by atoms with Crippen molar-refractivity contribution in [1.82, 2.24) is 10.8 Å². The highest BCUT2D eigenvalue weighted by Gasteiger charge is 2.35. The average molecular weight is 342 g/mol. The Morgan fingerprint density at radius 2 is 1.96 bits per heavy atom. The molecule has 1 aliphatic heterocycles. The number of hydrogen-bond acceptors (Lipinski definition) is 6. The van der Waals surface area contributed by atoms with Gasteiger partial charge in [-0.3, -0.25) is 19.2 Å². The molecule has 0 aromatic rings. The number of hydrogen-bond donors (Lipinski definition) is 2. The molecule has 1 aliphatic rings. The summed E-state index contributed by atoms with van der Waals surface area (Å²) in [5.74, 6) is -2.91. The lowest BCUT2D eigenvalue weighted by molar-refractivity contribution is -0.158. The summed E-state index contributed by atoms with van der Waals surface area (Å²) < 4.78 is 5.11. The average Bonchev–Trinajstić information content (AvgIpc) is 2.46. The molecule has 2 N–H and O–H groups in total. The lowest BCUT2D eigenvalue weighted by Crippen LogP contribution is -2.49. The zero-order valence-electron chi connectivity index (χ0n) is 14.8. The molecule has 24 heavy (non-hydrogen) atoms. The summed E-state index contributed by atoms with van der Waals surface area (Å²) >= 11 is 0. The van der Waals surface area contributed by atoms with Gasteiger partial charge in [0.05, 0.1) is 25.2 Å². The standard InChI is InChI=1S/C16H26N2O6/c1-9(2)12(17-15(22)23-8-16(3,4)5)11(19)6-10-7-24-18-14(21)13(10)20/h9-10,12H,6-8H2,1-5H3,(H,17,22)(H,18,21). The summed E-state index contributed by atoms with van der Waals surface area (Å²) in [6, 6.07) is -0.796. The highest BCUT2D eigenvalue weighted by atomic mass is 16.7. The van der Waals surface area contributed by atoms with Crippen molar-refractivity contribution in [3.8, 4) is 0 Å². The van der Waals surface area contributed by atoms with Crippen LogP contribution in [-0.2, 0) is 24.0 Å². The van der Waals surface area contributed by atoms with Gasteiger partial charge in [-0.25, -0.2) is 10.3 Å². The van der Waals surface area contributed by atoms with Gasteiger partial charge in [0.15, 0.2) is 5.78 Å². The van der Waals surface area contributed by atoms with Crippen LogP contribution in [-0.4, -0.2) is 42.8 Å². The van der Waals surface area contributed by atoms with Crippen molar-refractivity contribution in [2.24, 2.45) is 17.3 Å². The Hall–Kier alpha value is -1.96. The first-order valence-electron chi connectivity index (χ1n) is 7.93. The predicted octanol–water partition coefficient (Wildman–Crippen LogP) is 0.989. The number of carbonyl (C=O) groups is 4. The Bertz CT molecular complexity index is 509. The normalized spacial score (nSPS) is 19.7. The van der Waals surface area contributed by atoms with Gasteiger partial charge in [-0.2, -0.15) is 0 Å². The Morgan fingerprint density at radius 1 is 1.33 bits per heavy atom. The molecular formula is C16H26N2O6. The Morgan fingerprint density at radius 3 is 2.50 bits per heavy atom. The summed E-state index contributed by atoms with van der Waals surface area (Å²) in [5.41, 5.74) is 1.77. The molecule has 0 spiro atoms. The Balaban J connectivity index is 2.63. The fourth-order valence-electron chi connectivity index (χ4n) is 2.11. The number of rotatable bonds is 6. The lowest BCUT2D eigenvalue weighted by Gasteiger charge is -2.25. The fraction of sp³-hybridized carbons (Fsp3) is 0.750. The van der Waals surface area contributed by atoms with Crippen LogP contribution in [0.25, 0.3) is 0 Å². The fourth-order valence-corrected chi connectivity index (χ4v) is 2.11. The number of alkyl carbamates (subject to hydrolysis) is 1. The number of hydroxylamine groups is 1. The van der Waals surface area contributed by atoms with Gasteiger partial charge in [-0.05, 0) is 11.3 Å². The zero-order valence-corrected chi connectivity index (χ0v) is 14.8. The van der Waals surface area contributed by atoms with Crippen LogP contribution in [0.5, 0.6) is 0 Å². The van der Waals surface area contributed by atoms with Crippen LogP contribution >= 0.6 is 0 Å². The summed E-state index contributed by atoms with van der Waals surface area (Å²) in [4.78, 5) is 52.1. The van der Waals surface area contributed by atoms with Crippen LogP contribution in [0, 0.1) is 17.3 Å². The number of nitrogens with one attached hydrogen (secondary N) is 2. The Kier molecular flexibility index (Phi) is 6.89. The molecule has 1 rings (SSSR count). The maximum absolute atomic E-state index is 12.4. The van der Waals surface area contributed by atoms with Gasteiger partial charge in [0.1, 0.15) is 0 Å². The van der Waals surface area contributed by atoms with Crippen molar-refractivity contribution < 1.29 is 28.8 Å². The van der Waals surface area contributed by atoms with Gasteiger partial charge in [-0.15, -0.1) is 0 Å². The van der Waals surface area contributed by atoms with Gasteiger partial charge < -0.3 is 10.1 Å². The highest BCUT2D eigenvalue weighted by molar-refractivity contribution is 6.37. The molecule has 2 unspecified atom stereocenters. The second-order valence-corrected chi connectivity index (χ2v) is 7.48. The van der Waals surface area contributed by atoms with E-state index in [4.69, 9.17) is 9.57 Å². The summed E-state index contributed by atoms with van der Waals surface area (Å²) in [5, 5.41) is 2.54. The molecule has 0 radical (unpaired) electrons. The van der Waals surface area contributed by atoms with Crippen molar-refractivity contribution in [2.75, 3.05) is 13.2 Å². The maximum Gasteiger partial charge on any atom is 0.407 e. The monoisotopic (exact) mass is 342 g/mol. The van der Waals surface area contributed by atoms with Gasteiger partial charge in [0.2, 0.25) is 5.78 Å². The van der Waals surface area contributed by atoms with Crippen LogP contribution in [0.1, 0.15) is 41.0 Å². The SMILES string of the molecule is CC(C)C(NC(=O)OCC(C)(C)C)C(=O)CC1CONC(=O)C1=O. The maximum atomic E-state index is 12.4. The number of carbonyl (C=O) groups excluding carboxylic acids is 4. The molecule has 2 atom stereocenters. The minimum atomic E-state index is -0.863. The molecule has 0 aliphatic carbocycles. The number of amides is 2. The molecule has 136 valence electrons. The third-order valence-corrected chi connectivity index (χ3v) is 3.41. The van der Waals surface area contributed by atoms with E-state index in [0.717, 1.165) is 0 Å². The van der Waals surface area contributed by atoms with Crippen molar-refractivity contribution in [2.45, 2.75) is 47.1 Å². The molecule has 1 fully saturated rings. The first-order valence-corrected chi connectivity index (χ1v) is 7.93. The van der Waals surface area contributed by atoms with Gasteiger partial charge >= 0.3 is 12.0 Å². The van der Waals surface area contributed by atoms with E-state index in [1.54, 1.807) is 13.8 Å². The third kappa shape index (κ3) is 6.27. The van der Waals surface area contributed by atoms with E-state index in [-0.39, 0.29) is 36.8 Å². The number of ether oxygens (including phenoxy) is 1. The van der Waals surface area contributed by atoms with E-state index in [1.807, 2.05) is 26.3 Å². The number of Topliss-reactive ketones (excluding diaryl/α,β-unsaturated/α-hetero) is 2. The molecule has 0 bridgehead atoms. The first-order chi connectivity index (χ1) is 11.0. The molecule has 1 saturated heterocycles.